The Bertz CT molecular complexity index is 280. The van der Waals surface area contributed by atoms with E-state index in [0.717, 1.165) is 6.54 Å². The summed E-state index contributed by atoms with van der Waals surface area (Å²) in [7, 11) is 0. The van der Waals surface area contributed by atoms with E-state index in [9.17, 15) is 5.11 Å². The van der Waals surface area contributed by atoms with Gasteiger partial charge < -0.3 is 15.2 Å². The fourth-order valence-corrected chi connectivity index (χ4v) is 1.96. The average molecular weight is 244 g/mol. The third kappa shape index (κ3) is 6.23. The minimum atomic E-state index is -0.390. The number of nitrogens with two attached hydrogens (primary N) is 1. The Labute approximate surface area is 101 Å². The van der Waals surface area contributed by atoms with E-state index in [1.807, 2.05) is 26.8 Å². The molecule has 0 aliphatic rings. The van der Waals surface area contributed by atoms with Crippen molar-refractivity contribution in [3.8, 4) is 0 Å². The number of hydrogen-bond acceptors (Lipinski definition) is 3. The molecule has 1 aromatic rings. The van der Waals surface area contributed by atoms with Crippen LogP contribution in [-0.4, -0.2) is 30.0 Å². The predicted molar refractivity (Wildman–Crippen MR) is 66.5 cm³/mol. The second-order valence-corrected chi connectivity index (χ2v) is 5.92. The Balaban J connectivity index is 2.09. The number of hydrogen-bond donors (Lipinski definition) is 2. The van der Waals surface area contributed by atoms with E-state index in [4.69, 9.17) is 4.74 Å². The van der Waals surface area contributed by atoms with Crippen molar-refractivity contribution in [3.63, 3.8) is 0 Å². The quantitative estimate of drug-likeness (QED) is 0.784. The summed E-state index contributed by atoms with van der Waals surface area (Å²) in [6.45, 7) is 8.02. The molecular formula is C12H22NO2S+. The number of thiophene rings is 1. The molecule has 16 heavy (non-hydrogen) atoms. The lowest BCUT2D eigenvalue weighted by Crippen LogP contribution is -2.85. The van der Waals surface area contributed by atoms with Gasteiger partial charge in [-0.3, -0.25) is 0 Å². The van der Waals surface area contributed by atoms with E-state index in [0.29, 0.717) is 13.2 Å². The van der Waals surface area contributed by atoms with Gasteiger partial charge in [-0.25, -0.2) is 0 Å². The lowest BCUT2D eigenvalue weighted by molar-refractivity contribution is -0.676. The van der Waals surface area contributed by atoms with E-state index in [2.05, 4.69) is 16.8 Å². The summed E-state index contributed by atoms with van der Waals surface area (Å²) < 4.78 is 5.51. The largest absolute Gasteiger partial charge is 0.385 e. The van der Waals surface area contributed by atoms with Gasteiger partial charge in [0.25, 0.3) is 0 Å². The molecule has 0 bridgehead atoms. The third-order valence-electron chi connectivity index (χ3n) is 2.07. The van der Waals surface area contributed by atoms with Crippen molar-refractivity contribution in [2.75, 3.05) is 13.2 Å². The molecule has 0 aliphatic carbocycles. The number of quaternary nitrogens is 1. The summed E-state index contributed by atoms with van der Waals surface area (Å²) in [5, 5.41) is 13.9. The first-order valence-corrected chi connectivity index (χ1v) is 6.51. The Morgan fingerprint density at radius 3 is 2.81 bits per heavy atom. The molecule has 1 atom stereocenters. The van der Waals surface area contributed by atoms with Crippen LogP contribution in [0.3, 0.4) is 0 Å². The van der Waals surface area contributed by atoms with Gasteiger partial charge in [-0.05, 0) is 32.2 Å². The zero-order valence-electron chi connectivity index (χ0n) is 10.3. The molecule has 0 radical (unpaired) electrons. The second-order valence-electron chi connectivity index (χ2n) is 4.89. The van der Waals surface area contributed by atoms with E-state index < -0.39 is 0 Å². The molecule has 0 amide bonds. The highest BCUT2D eigenvalue weighted by atomic mass is 32.1. The Morgan fingerprint density at radius 1 is 1.50 bits per heavy atom. The second kappa shape index (κ2) is 6.35. The van der Waals surface area contributed by atoms with Gasteiger partial charge in [0.15, 0.2) is 0 Å². The van der Waals surface area contributed by atoms with Crippen LogP contribution in [0.25, 0.3) is 0 Å². The van der Waals surface area contributed by atoms with Crippen molar-refractivity contribution in [2.45, 2.75) is 39.0 Å². The van der Waals surface area contributed by atoms with Gasteiger partial charge in [0.2, 0.25) is 0 Å². The van der Waals surface area contributed by atoms with Crippen LogP contribution in [0.2, 0.25) is 0 Å². The average Bonchev–Trinajstić information content (AvgIpc) is 2.66. The molecule has 0 saturated carbocycles. The maximum Gasteiger partial charge on any atom is 0.126 e. The van der Waals surface area contributed by atoms with Crippen molar-refractivity contribution in [2.24, 2.45) is 0 Å². The Morgan fingerprint density at radius 2 is 2.25 bits per heavy atom. The molecule has 0 aliphatic heterocycles. The topological polar surface area (TPSA) is 46.1 Å². The molecule has 0 unspecified atom stereocenters. The fourth-order valence-electron chi connectivity index (χ4n) is 1.26. The molecule has 1 aromatic heterocycles. The Hall–Kier alpha value is -0.420. The highest BCUT2D eigenvalue weighted by Gasteiger charge is 2.14. The van der Waals surface area contributed by atoms with Gasteiger partial charge in [-0.2, -0.15) is 0 Å². The SMILES string of the molecule is CC(C)(C)OC[C@@H](O)C[NH2+]Cc1cccs1. The molecule has 0 spiro atoms. The standard InChI is InChI=1S/C12H21NO2S/c1-12(2,3)15-9-10(14)7-13-8-11-5-4-6-16-11/h4-6,10,13-14H,7-9H2,1-3H3/p+1/t10-/m0/s1. The molecule has 92 valence electrons. The fraction of sp³-hybridized carbons (Fsp3) is 0.667. The van der Waals surface area contributed by atoms with Crippen LogP contribution in [0.4, 0.5) is 0 Å². The van der Waals surface area contributed by atoms with Gasteiger partial charge >= 0.3 is 0 Å². The smallest absolute Gasteiger partial charge is 0.126 e. The normalized spacial score (nSPS) is 14.0. The molecule has 4 heteroatoms. The summed E-state index contributed by atoms with van der Waals surface area (Å²) in [5.74, 6) is 0. The van der Waals surface area contributed by atoms with Gasteiger partial charge in [0, 0.05) is 0 Å². The van der Waals surface area contributed by atoms with Crippen LogP contribution < -0.4 is 5.32 Å². The summed E-state index contributed by atoms with van der Waals surface area (Å²) >= 11 is 1.75. The molecule has 0 fully saturated rings. The van der Waals surface area contributed by atoms with Crippen molar-refractivity contribution >= 4 is 11.3 Å². The summed E-state index contributed by atoms with van der Waals surface area (Å²) in [4.78, 5) is 1.34. The van der Waals surface area contributed by atoms with Crippen LogP contribution in [0.15, 0.2) is 17.5 Å². The lowest BCUT2D eigenvalue weighted by Gasteiger charge is -2.21. The zero-order chi connectivity index (χ0) is 12.0. The number of aliphatic hydroxyl groups excluding tert-OH is 1. The first-order valence-electron chi connectivity index (χ1n) is 5.63. The lowest BCUT2D eigenvalue weighted by atomic mass is 10.2. The molecule has 1 rings (SSSR count). The van der Waals surface area contributed by atoms with Crippen LogP contribution in [0.5, 0.6) is 0 Å². The molecule has 0 aromatic carbocycles. The number of ether oxygens (including phenoxy) is 1. The van der Waals surface area contributed by atoms with Crippen LogP contribution >= 0.6 is 11.3 Å². The third-order valence-corrected chi connectivity index (χ3v) is 2.97. The predicted octanol–water partition coefficient (Wildman–Crippen LogP) is 0.988. The van der Waals surface area contributed by atoms with Gasteiger partial charge in [-0.1, -0.05) is 6.07 Å². The molecule has 0 saturated heterocycles. The van der Waals surface area contributed by atoms with Crippen LogP contribution in [-0.2, 0) is 11.3 Å². The van der Waals surface area contributed by atoms with E-state index in [-0.39, 0.29) is 11.7 Å². The minimum absolute atomic E-state index is 0.172. The monoisotopic (exact) mass is 244 g/mol. The summed E-state index contributed by atoms with van der Waals surface area (Å²) in [6.07, 6.45) is -0.390. The molecule has 1 heterocycles. The first-order chi connectivity index (χ1) is 7.47. The highest BCUT2D eigenvalue weighted by Crippen LogP contribution is 2.07. The van der Waals surface area contributed by atoms with Crippen molar-refractivity contribution < 1.29 is 15.2 Å². The van der Waals surface area contributed by atoms with Crippen molar-refractivity contribution in [3.05, 3.63) is 22.4 Å². The summed E-state index contributed by atoms with van der Waals surface area (Å²) in [6, 6.07) is 4.16. The van der Waals surface area contributed by atoms with E-state index >= 15 is 0 Å². The van der Waals surface area contributed by atoms with Gasteiger partial charge in [0.1, 0.15) is 19.2 Å². The zero-order valence-corrected chi connectivity index (χ0v) is 11.1. The van der Waals surface area contributed by atoms with E-state index in [1.165, 1.54) is 4.88 Å². The summed E-state index contributed by atoms with van der Waals surface area (Å²) in [5.41, 5.74) is -0.172. The van der Waals surface area contributed by atoms with Gasteiger partial charge in [-0.15, -0.1) is 11.3 Å². The molecule has 3 nitrogen and oxygen atoms in total. The number of rotatable bonds is 6. The molecular weight excluding hydrogens is 222 g/mol. The minimum Gasteiger partial charge on any atom is -0.385 e. The Kier molecular flexibility index (Phi) is 5.41. The maximum atomic E-state index is 9.69. The van der Waals surface area contributed by atoms with Crippen molar-refractivity contribution in [1.29, 1.82) is 0 Å². The molecule has 3 N–H and O–H groups in total. The van der Waals surface area contributed by atoms with Crippen LogP contribution in [0, 0.1) is 0 Å². The first kappa shape index (κ1) is 13.6. The maximum absolute atomic E-state index is 9.69. The van der Waals surface area contributed by atoms with E-state index in [1.54, 1.807) is 11.3 Å². The van der Waals surface area contributed by atoms with Crippen molar-refractivity contribution in [1.82, 2.24) is 0 Å². The highest BCUT2D eigenvalue weighted by molar-refractivity contribution is 7.09. The number of aliphatic hydroxyl groups is 1. The van der Waals surface area contributed by atoms with Crippen LogP contribution in [0.1, 0.15) is 25.6 Å². The van der Waals surface area contributed by atoms with Gasteiger partial charge in [0.05, 0.1) is 17.1 Å².